The molecular formula is C20H42O4. The van der Waals surface area contributed by atoms with Crippen molar-refractivity contribution in [1.82, 2.24) is 0 Å². The molecule has 0 aromatic carbocycles. The maximum Gasteiger partial charge on any atom is 0.108 e. The average molecular weight is 347 g/mol. The molecule has 0 amide bonds. The highest BCUT2D eigenvalue weighted by Gasteiger charge is 2.25. The zero-order valence-electron chi connectivity index (χ0n) is 16.1. The van der Waals surface area contributed by atoms with Crippen molar-refractivity contribution in [3.05, 3.63) is 0 Å². The molecule has 0 aromatic heterocycles. The molecule has 3 atom stereocenters. The number of rotatable bonds is 18. The van der Waals surface area contributed by atoms with Gasteiger partial charge in [-0.1, -0.05) is 90.4 Å². The van der Waals surface area contributed by atoms with Crippen LogP contribution < -0.4 is 0 Å². The van der Waals surface area contributed by atoms with Crippen LogP contribution in [0.3, 0.4) is 0 Å². The first-order valence-corrected chi connectivity index (χ1v) is 10.2. The molecule has 0 fully saturated rings. The number of unbranched alkanes of at least 4 members (excludes halogenated alkanes) is 12. The Balaban J connectivity index is 3.37. The second kappa shape index (κ2) is 17.7. The van der Waals surface area contributed by atoms with E-state index < -0.39 is 18.8 Å². The van der Waals surface area contributed by atoms with E-state index in [-0.39, 0.29) is 6.10 Å². The molecule has 4 nitrogen and oxygen atoms in total. The van der Waals surface area contributed by atoms with Crippen molar-refractivity contribution in [2.24, 2.45) is 0 Å². The first-order valence-electron chi connectivity index (χ1n) is 10.2. The van der Waals surface area contributed by atoms with E-state index in [2.05, 4.69) is 6.92 Å². The van der Waals surface area contributed by atoms with Crippen LogP contribution >= 0.6 is 0 Å². The standard InChI is InChI=1S/C20H42O4/c1-3-4-5-6-7-8-9-10-11-12-13-14-15-16-19(24-2)20(23)18(22)17-21/h18-23H,3-17H2,1-2H3. The van der Waals surface area contributed by atoms with Gasteiger partial charge in [0, 0.05) is 7.11 Å². The Morgan fingerprint density at radius 3 is 1.50 bits per heavy atom. The SMILES string of the molecule is CCCCCCCCCCCCCCCC(OC)C(O)C(O)CO. The first kappa shape index (κ1) is 23.8. The van der Waals surface area contributed by atoms with Crippen LogP contribution in [0.4, 0.5) is 0 Å². The van der Waals surface area contributed by atoms with Crippen LogP contribution in [0.5, 0.6) is 0 Å². The Hall–Kier alpha value is -0.160. The van der Waals surface area contributed by atoms with Crippen molar-refractivity contribution in [3.63, 3.8) is 0 Å². The fraction of sp³-hybridized carbons (Fsp3) is 1.00. The summed E-state index contributed by atoms with van der Waals surface area (Å²) in [5.41, 5.74) is 0. The van der Waals surface area contributed by atoms with Crippen LogP contribution in [0.15, 0.2) is 0 Å². The first-order chi connectivity index (χ1) is 11.7. The summed E-state index contributed by atoms with van der Waals surface area (Å²) < 4.78 is 5.22. The third kappa shape index (κ3) is 13.2. The molecule has 0 aromatic rings. The van der Waals surface area contributed by atoms with Gasteiger partial charge in [-0.25, -0.2) is 0 Å². The molecule has 3 N–H and O–H groups in total. The second-order valence-electron chi connectivity index (χ2n) is 7.05. The molecular weight excluding hydrogens is 304 g/mol. The fourth-order valence-electron chi connectivity index (χ4n) is 3.15. The van der Waals surface area contributed by atoms with Crippen LogP contribution in [-0.4, -0.2) is 47.3 Å². The van der Waals surface area contributed by atoms with Crippen molar-refractivity contribution in [2.75, 3.05) is 13.7 Å². The Bertz CT molecular complexity index is 248. The lowest BCUT2D eigenvalue weighted by Gasteiger charge is -2.24. The van der Waals surface area contributed by atoms with E-state index in [1.165, 1.54) is 70.6 Å². The highest BCUT2D eigenvalue weighted by molar-refractivity contribution is 4.75. The van der Waals surface area contributed by atoms with E-state index in [1.807, 2.05) is 0 Å². The van der Waals surface area contributed by atoms with E-state index in [0.717, 1.165) is 19.3 Å². The molecule has 0 rings (SSSR count). The minimum atomic E-state index is -1.11. The van der Waals surface area contributed by atoms with Crippen LogP contribution in [0.1, 0.15) is 96.8 Å². The molecule has 0 aliphatic rings. The van der Waals surface area contributed by atoms with Gasteiger partial charge in [-0.3, -0.25) is 0 Å². The summed E-state index contributed by atoms with van der Waals surface area (Å²) in [7, 11) is 1.54. The van der Waals surface area contributed by atoms with Crippen LogP contribution in [0.25, 0.3) is 0 Å². The topological polar surface area (TPSA) is 69.9 Å². The van der Waals surface area contributed by atoms with Gasteiger partial charge in [-0.2, -0.15) is 0 Å². The molecule has 0 saturated heterocycles. The number of aliphatic hydroxyl groups excluding tert-OH is 3. The summed E-state index contributed by atoms with van der Waals surface area (Å²) in [6.45, 7) is 1.83. The maximum absolute atomic E-state index is 9.83. The molecule has 0 heterocycles. The molecule has 0 radical (unpaired) electrons. The molecule has 146 valence electrons. The molecule has 3 unspecified atom stereocenters. The molecule has 4 heteroatoms. The maximum atomic E-state index is 9.83. The lowest BCUT2D eigenvalue weighted by Crippen LogP contribution is -2.40. The summed E-state index contributed by atoms with van der Waals surface area (Å²) in [6, 6.07) is 0. The number of hydrogen-bond acceptors (Lipinski definition) is 4. The van der Waals surface area contributed by atoms with E-state index >= 15 is 0 Å². The zero-order chi connectivity index (χ0) is 18.0. The average Bonchev–Trinajstić information content (AvgIpc) is 2.61. The highest BCUT2D eigenvalue weighted by atomic mass is 16.5. The Morgan fingerprint density at radius 1 is 0.708 bits per heavy atom. The number of aliphatic hydroxyl groups is 3. The number of methoxy groups -OCH3 is 1. The van der Waals surface area contributed by atoms with E-state index in [0.29, 0.717) is 0 Å². The molecule has 0 saturated carbocycles. The van der Waals surface area contributed by atoms with Crippen LogP contribution in [-0.2, 0) is 4.74 Å². The van der Waals surface area contributed by atoms with Crippen molar-refractivity contribution in [3.8, 4) is 0 Å². The molecule has 0 aliphatic carbocycles. The number of hydrogen-bond donors (Lipinski definition) is 3. The van der Waals surface area contributed by atoms with E-state index in [1.54, 1.807) is 7.11 Å². The van der Waals surface area contributed by atoms with Crippen molar-refractivity contribution in [2.45, 2.75) is 115 Å². The lowest BCUT2D eigenvalue weighted by molar-refractivity contribution is -0.0922. The molecule has 0 spiro atoms. The molecule has 0 aliphatic heterocycles. The lowest BCUT2D eigenvalue weighted by atomic mass is 10.0. The molecule has 0 bridgehead atoms. The van der Waals surface area contributed by atoms with Gasteiger partial charge in [0.25, 0.3) is 0 Å². The number of ether oxygens (including phenoxy) is 1. The Kier molecular flexibility index (Phi) is 17.5. The third-order valence-corrected chi connectivity index (χ3v) is 4.86. The smallest absolute Gasteiger partial charge is 0.108 e. The van der Waals surface area contributed by atoms with Gasteiger partial charge in [0.2, 0.25) is 0 Å². The van der Waals surface area contributed by atoms with Gasteiger partial charge in [0.1, 0.15) is 12.2 Å². The van der Waals surface area contributed by atoms with Crippen molar-refractivity contribution in [1.29, 1.82) is 0 Å². The van der Waals surface area contributed by atoms with Gasteiger partial charge in [0.15, 0.2) is 0 Å². The van der Waals surface area contributed by atoms with Gasteiger partial charge in [-0.15, -0.1) is 0 Å². The zero-order valence-corrected chi connectivity index (χ0v) is 16.1. The van der Waals surface area contributed by atoms with E-state index in [4.69, 9.17) is 9.84 Å². The minimum absolute atomic E-state index is 0.389. The summed E-state index contributed by atoms with van der Waals surface area (Å²) in [5, 5.41) is 28.2. The minimum Gasteiger partial charge on any atom is -0.394 e. The van der Waals surface area contributed by atoms with Gasteiger partial charge >= 0.3 is 0 Å². The Morgan fingerprint density at radius 2 is 1.12 bits per heavy atom. The predicted octanol–water partition coefficient (Wildman–Crippen LogP) is 4.20. The van der Waals surface area contributed by atoms with Crippen LogP contribution in [0.2, 0.25) is 0 Å². The van der Waals surface area contributed by atoms with Crippen molar-refractivity contribution < 1.29 is 20.1 Å². The summed E-state index contributed by atoms with van der Waals surface area (Å²) in [5.74, 6) is 0. The monoisotopic (exact) mass is 346 g/mol. The normalized spacial score (nSPS) is 15.4. The quantitative estimate of drug-likeness (QED) is 0.325. The summed E-state index contributed by atoms with van der Waals surface area (Å²) in [4.78, 5) is 0. The third-order valence-electron chi connectivity index (χ3n) is 4.86. The summed E-state index contributed by atoms with van der Waals surface area (Å²) >= 11 is 0. The van der Waals surface area contributed by atoms with Crippen molar-refractivity contribution >= 4 is 0 Å². The van der Waals surface area contributed by atoms with E-state index in [9.17, 15) is 10.2 Å². The fourth-order valence-corrected chi connectivity index (χ4v) is 3.15. The van der Waals surface area contributed by atoms with Gasteiger partial charge < -0.3 is 20.1 Å². The van der Waals surface area contributed by atoms with Crippen LogP contribution in [0, 0.1) is 0 Å². The molecule has 24 heavy (non-hydrogen) atoms. The predicted molar refractivity (Wildman–Crippen MR) is 100 cm³/mol. The van der Waals surface area contributed by atoms with Gasteiger partial charge in [0.05, 0.1) is 12.7 Å². The Labute approximate surface area is 149 Å². The van der Waals surface area contributed by atoms with Gasteiger partial charge in [-0.05, 0) is 6.42 Å². The largest absolute Gasteiger partial charge is 0.394 e. The summed E-state index contributed by atoms with van der Waals surface area (Å²) in [6.07, 6.45) is 15.3. The highest BCUT2D eigenvalue weighted by Crippen LogP contribution is 2.15. The second-order valence-corrected chi connectivity index (χ2v) is 7.05.